The lowest BCUT2D eigenvalue weighted by molar-refractivity contribution is 0.427. The van der Waals surface area contributed by atoms with Crippen molar-refractivity contribution < 1.29 is 0 Å². The molecule has 0 radical (unpaired) electrons. The third-order valence-corrected chi connectivity index (χ3v) is 3.43. The van der Waals surface area contributed by atoms with Gasteiger partial charge >= 0.3 is 0 Å². The highest BCUT2D eigenvalue weighted by Crippen LogP contribution is 2.22. The first-order valence-corrected chi connectivity index (χ1v) is 6.54. The van der Waals surface area contributed by atoms with E-state index in [-0.39, 0.29) is 0 Å². The molecule has 1 aliphatic rings. The van der Waals surface area contributed by atoms with Crippen molar-refractivity contribution in [1.29, 1.82) is 0 Å². The van der Waals surface area contributed by atoms with Crippen molar-refractivity contribution in [1.82, 2.24) is 9.97 Å². The molecule has 4 heteroatoms. The zero-order chi connectivity index (χ0) is 12.3. The summed E-state index contributed by atoms with van der Waals surface area (Å²) in [6.07, 6.45) is 5.93. The minimum atomic E-state index is 0.346. The summed E-state index contributed by atoms with van der Waals surface area (Å²) in [5, 5.41) is 0. The normalized spacial score (nSPS) is 25.0. The van der Waals surface area contributed by atoms with Gasteiger partial charge in [0.1, 0.15) is 12.1 Å². The van der Waals surface area contributed by atoms with Crippen LogP contribution in [-0.4, -0.2) is 28.6 Å². The molecule has 94 valence electrons. The van der Waals surface area contributed by atoms with Crippen LogP contribution in [0.2, 0.25) is 0 Å². The lowest BCUT2D eigenvalue weighted by atomic mass is 9.99. The molecule has 1 aromatic heterocycles. The van der Waals surface area contributed by atoms with E-state index in [0.29, 0.717) is 12.1 Å². The van der Waals surface area contributed by atoms with E-state index in [2.05, 4.69) is 34.8 Å². The van der Waals surface area contributed by atoms with Crippen LogP contribution in [0.5, 0.6) is 0 Å². The highest BCUT2D eigenvalue weighted by Gasteiger charge is 2.24. The van der Waals surface area contributed by atoms with Crippen molar-refractivity contribution >= 4 is 5.82 Å². The van der Waals surface area contributed by atoms with E-state index in [9.17, 15) is 0 Å². The number of aromatic nitrogens is 2. The summed E-state index contributed by atoms with van der Waals surface area (Å²) in [4.78, 5) is 11.0. The number of rotatable bonds is 3. The monoisotopic (exact) mass is 234 g/mol. The van der Waals surface area contributed by atoms with Crippen LogP contribution in [-0.2, 0) is 6.42 Å². The lowest BCUT2D eigenvalue weighted by Gasteiger charge is -2.37. The Morgan fingerprint density at radius 3 is 3.00 bits per heavy atom. The fourth-order valence-corrected chi connectivity index (χ4v) is 2.48. The zero-order valence-corrected chi connectivity index (χ0v) is 10.8. The van der Waals surface area contributed by atoms with Gasteiger partial charge in [-0.05, 0) is 26.2 Å². The Kier molecular flexibility index (Phi) is 3.94. The Morgan fingerprint density at radius 2 is 2.29 bits per heavy atom. The van der Waals surface area contributed by atoms with E-state index in [1.54, 1.807) is 6.33 Å². The Balaban J connectivity index is 2.13. The Bertz CT molecular complexity index is 366. The standard InChI is InChI=1S/C13H22N4/c1-3-4-12-8-13(16-9-15-12)17-6-5-11(14)7-10(17)2/h8-11H,3-7,14H2,1-2H3. The average molecular weight is 234 g/mol. The molecule has 1 aliphatic heterocycles. The van der Waals surface area contributed by atoms with E-state index in [0.717, 1.165) is 43.7 Å². The molecule has 17 heavy (non-hydrogen) atoms. The van der Waals surface area contributed by atoms with Crippen LogP contribution in [0.25, 0.3) is 0 Å². The van der Waals surface area contributed by atoms with Gasteiger partial charge in [-0.3, -0.25) is 0 Å². The van der Waals surface area contributed by atoms with Gasteiger partial charge in [0.15, 0.2) is 0 Å². The molecular formula is C13H22N4. The van der Waals surface area contributed by atoms with E-state index in [1.165, 1.54) is 0 Å². The smallest absolute Gasteiger partial charge is 0.132 e. The molecule has 2 atom stereocenters. The van der Waals surface area contributed by atoms with Crippen LogP contribution in [0.15, 0.2) is 12.4 Å². The molecule has 0 saturated carbocycles. The summed E-state index contributed by atoms with van der Waals surface area (Å²) in [5.41, 5.74) is 7.12. The molecule has 1 fully saturated rings. The van der Waals surface area contributed by atoms with E-state index >= 15 is 0 Å². The van der Waals surface area contributed by atoms with Crippen LogP contribution >= 0.6 is 0 Å². The third kappa shape index (κ3) is 2.94. The predicted molar refractivity (Wildman–Crippen MR) is 70.0 cm³/mol. The first-order chi connectivity index (χ1) is 8.20. The number of aryl methyl sites for hydroxylation is 1. The second kappa shape index (κ2) is 5.45. The Labute approximate surface area is 103 Å². The summed E-state index contributed by atoms with van der Waals surface area (Å²) in [6, 6.07) is 2.94. The van der Waals surface area contributed by atoms with Gasteiger partial charge in [0.25, 0.3) is 0 Å². The number of piperidine rings is 1. The van der Waals surface area contributed by atoms with Crippen LogP contribution in [0, 0.1) is 0 Å². The average Bonchev–Trinajstić information content (AvgIpc) is 2.29. The van der Waals surface area contributed by atoms with Crippen LogP contribution in [0.4, 0.5) is 5.82 Å². The molecule has 2 rings (SSSR count). The number of hydrogen-bond acceptors (Lipinski definition) is 4. The molecule has 1 aromatic rings. The molecule has 2 unspecified atom stereocenters. The maximum atomic E-state index is 5.98. The van der Waals surface area contributed by atoms with Crippen molar-refractivity contribution in [2.75, 3.05) is 11.4 Å². The molecule has 4 nitrogen and oxygen atoms in total. The van der Waals surface area contributed by atoms with Crippen molar-refractivity contribution in [3.05, 3.63) is 18.1 Å². The zero-order valence-electron chi connectivity index (χ0n) is 10.8. The maximum absolute atomic E-state index is 5.98. The first kappa shape index (κ1) is 12.3. The van der Waals surface area contributed by atoms with Gasteiger partial charge in [0, 0.05) is 30.4 Å². The number of nitrogens with zero attached hydrogens (tertiary/aromatic N) is 3. The van der Waals surface area contributed by atoms with Gasteiger partial charge in [0.05, 0.1) is 0 Å². The Morgan fingerprint density at radius 1 is 1.47 bits per heavy atom. The van der Waals surface area contributed by atoms with Crippen LogP contribution in [0.3, 0.4) is 0 Å². The summed E-state index contributed by atoms with van der Waals surface area (Å²) in [6.45, 7) is 5.40. The van der Waals surface area contributed by atoms with Crippen molar-refractivity contribution in [2.24, 2.45) is 5.73 Å². The number of nitrogens with two attached hydrogens (primary N) is 1. The summed E-state index contributed by atoms with van der Waals surface area (Å²) in [7, 11) is 0. The van der Waals surface area contributed by atoms with E-state index in [1.807, 2.05) is 0 Å². The SMILES string of the molecule is CCCc1cc(N2CCC(N)CC2C)ncn1. The molecule has 0 aliphatic carbocycles. The van der Waals surface area contributed by atoms with Crippen LogP contribution in [0.1, 0.15) is 38.8 Å². The quantitative estimate of drug-likeness (QED) is 0.865. The summed E-state index contributed by atoms with van der Waals surface area (Å²) >= 11 is 0. The maximum Gasteiger partial charge on any atom is 0.132 e. The first-order valence-electron chi connectivity index (χ1n) is 6.54. The third-order valence-electron chi connectivity index (χ3n) is 3.43. The van der Waals surface area contributed by atoms with Gasteiger partial charge in [-0.15, -0.1) is 0 Å². The Hall–Kier alpha value is -1.16. The van der Waals surface area contributed by atoms with Crippen molar-refractivity contribution in [3.8, 4) is 0 Å². The van der Waals surface area contributed by atoms with Crippen molar-refractivity contribution in [3.63, 3.8) is 0 Å². The molecule has 2 N–H and O–H groups in total. The molecular weight excluding hydrogens is 212 g/mol. The van der Waals surface area contributed by atoms with E-state index in [4.69, 9.17) is 5.73 Å². The fraction of sp³-hybridized carbons (Fsp3) is 0.692. The highest BCUT2D eigenvalue weighted by atomic mass is 15.2. The lowest BCUT2D eigenvalue weighted by Crippen LogP contribution is -2.46. The minimum Gasteiger partial charge on any atom is -0.354 e. The van der Waals surface area contributed by atoms with Crippen LogP contribution < -0.4 is 10.6 Å². The second-order valence-corrected chi connectivity index (χ2v) is 4.94. The molecule has 2 heterocycles. The summed E-state index contributed by atoms with van der Waals surface area (Å²) in [5.74, 6) is 1.06. The topological polar surface area (TPSA) is 55.0 Å². The van der Waals surface area contributed by atoms with Gasteiger partial charge < -0.3 is 10.6 Å². The van der Waals surface area contributed by atoms with E-state index < -0.39 is 0 Å². The molecule has 0 bridgehead atoms. The number of hydrogen-bond donors (Lipinski definition) is 1. The fourth-order valence-electron chi connectivity index (χ4n) is 2.48. The minimum absolute atomic E-state index is 0.346. The molecule has 1 saturated heterocycles. The van der Waals surface area contributed by atoms with Gasteiger partial charge in [-0.1, -0.05) is 13.3 Å². The largest absolute Gasteiger partial charge is 0.354 e. The van der Waals surface area contributed by atoms with Gasteiger partial charge in [0.2, 0.25) is 0 Å². The number of anilines is 1. The molecule has 0 spiro atoms. The summed E-state index contributed by atoms with van der Waals surface area (Å²) < 4.78 is 0. The highest BCUT2D eigenvalue weighted by molar-refractivity contribution is 5.40. The van der Waals surface area contributed by atoms with Crippen molar-refractivity contribution in [2.45, 2.75) is 51.6 Å². The van der Waals surface area contributed by atoms with Gasteiger partial charge in [-0.25, -0.2) is 9.97 Å². The second-order valence-electron chi connectivity index (χ2n) is 4.94. The predicted octanol–water partition coefficient (Wildman–Crippen LogP) is 1.75. The molecule has 0 aromatic carbocycles. The van der Waals surface area contributed by atoms with Gasteiger partial charge in [-0.2, -0.15) is 0 Å². The molecule has 0 amide bonds.